The number of allylic oxidation sites excluding steroid dienone is 2. The molecule has 4 unspecified atom stereocenters. The molecule has 5 rings (SSSR count). The molecular weight excluding hydrogens is 320 g/mol. The first-order valence-corrected chi connectivity index (χ1v) is 9.33. The molecule has 3 aliphatic carbocycles. The Bertz CT molecular complexity index is 924. The number of methoxy groups -OCH3 is 1. The van der Waals surface area contributed by atoms with E-state index >= 15 is 0 Å². The molecule has 2 heteroatoms. The number of rotatable bonds is 3. The first-order valence-electron chi connectivity index (χ1n) is 9.33. The predicted molar refractivity (Wildman–Crippen MR) is 103 cm³/mol. The summed E-state index contributed by atoms with van der Waals surface area (Å²) in [5.74, 6) is 1.61. The second-order valence-electron chi connectivity index (χ2n) is 7.72. The Morgan fingerprint density at radius 1 is 1.04 bits per heavy atom. The largest absolute Gasteiger partial charge is 0.466 e. The van der Waals surface area contributed by atoms with Gasteiger partial charge in [-0.1, -0.05) is 67.3 Å². The number of carbonyl (C=O) groups excluding carboxylic acids is 1. The highest BCUT2D eigenvalue weighted by molar-refractivity contribution is 5.91. The summed E-state index contributed by atoms with van der Waals surface area (Å²) in [5.41, 5.74) is 6.01. The summed E-state index contributed by atoms with van der Waals surface area (Å²) in [4.78, 5) is 12.5. The summed E-state index contributed by atoms with van der Waals surface area (Å²) in [5, 5.41) is 0. The standard InChI is InChI=1S/C24H22O2/c1-14(15-8-4-3-5-9-15)22-20-13-19-18(12-21(20)24(25)26-2)16-10-6-7-11-17(16)23(19)22/h3-12,18-20,22-23H,1,13H2,2H3/t18?,19?,20?,22-,23?/m1/s1. The lowest BCUT2D eigenvalue weighted by Crippen LogP contribution is -2.24. The lowest BCUT2D eigenvalue weighted by molar-refractivity contribution is -0.136. The summed E-state index contributed by atoms with van der Waals surface area (Å²) in [6.45, 7) is 4.50. The molecule has 2 aromatic carbocycles. The van der Waals surface area contributed by atoms with Crippen LogP contribution in [0.25, 0.3) is 5.57 Å². The van der Waals surface area contributed by atoms with Crippen LogP contribution >= 0.6 is 0 Å². The van der Waals surface area contributed by atoms with Crippen LogP contribution in [0.5, 0.6) is 0 Å². The fraction of sp³-hybridized carbons (Fsp3) is 0.292. The topological polar surface area (TPSA) is 26.3 Å². The number of ether oxygens (including phenoxy) is 1. The molecule has 2 nitrogen and oxygen atoms in total. The van der Waals surface area contributed by atoms with Gasteiger partial charge < -0.3 is 4.74 Å². The zero-order chi connectivity index (χ0) is 17.8. The van der Waals surface area contributed by atoms with Gasteiger partial charge in [0.05, 0.1) is 7.11 Å². The van der Waals surface area contributed by atoms with E-state index in [4.69, 9.17) is 4.74 Å². The highest BCUT2D eigenvalue weighted by Crippen LogP contribution is 2.66. The van der Waals surface area contributed by atoms with Gasteiger partial charge >= 0.3 is 5.97 Å². The average molecular weight is 342 g/mol. The Morgan fingerprint density at radius 3 is 2.46 bits per heavy atom. The summed E-state index contributed by atoms with van der Waals surface area (Å²) < 4.78 is 5.13. The second-order valence-corrected chi connectivity index (χ2v) is 7.72. The maximum Gasteiger partial charge on any atom is 0.333 e. The van der Waals surface area contributed by atoms with E-state index in [1.807, 2.05) is 6.07 Å². The predicted octanol–water partition coefficient (Wildman–Crippen LogP) is 4.95. The van der Waals surface area contributed by atoms with Crippen molar-refractivity contribution in [2.45, 2.75) is 18.3 Å². The fourth-order valence-electron chi connectivity index (χ4n) is 5.74. The van der Waals surface area contributed by atoms with Crippen molar-refractivity contribution in [1.29, 1.82) is 0 Å². The number of esters is 1. The van der Waals surface area contributed by atoms with E-state index in [9.17, 15) is 4.79 Å². The molecular formula is C24H22O2. The van der Waals surface area contributed by atoms with Crippen LogP contribution in [-0.2, 0) is 9.53 Å². The fourth-order valence-corrected chi connectivity index (χ4v) is 5.74. The van der Waals surface area contributed by atoms with Crippen LogP contribution in [0.2, 0.25) is 0 Å². The number of hydrogen-bond donors (Lipinski definition) is 0. The van der Waals surface area contributed by atoms with Crippen LogP contribution < -0.4 is 0 Å². The minimum atomic E-state index is -0.177. The molecule has 2 aromatic rings. The second kappa shape index (κ2) is 5.70. The van der Waals surface area contributed by atoms with Crippen molar-refractivity contribution in [1.82, 2.24) is 0 Å². The zero-order valence-electron chi connectivity index (χ0n) is 14.9. The number of fused-ring (bicyclic) bond motifs is 4. The van der Waals surface area contributed by atoms with Crippen molar-refractivity contribution in [3.05, 3.63) is 89.5 Å². The summed E-state index contributed by atoms with van der Waals surface area (Å²) in [7, 11) is 1.48. The lowest BCUT2D eigenvalue weighted by Gasteiger charge is -2.30. The maximum atomic E-state index is 12.5. The van der Waals surface area contributed by atoms with E-state index in [0.717, 1.165) is 17.6 Å². The molecule has 0 spiro atoms. The van der Waals surface area contributed by atoms with Gasteiger partial charge in [0.1, 0.15) is 0 Å². The average Bonchev–Trinajstić information content (AvgIpc) is 3.18. The quantitative estimate of drug-likeness (QED) is 0.738. The third-order valence-electron chi connectivity index (χ3n) is 6.71. The van der Waals surface area contributed by atoms with Gasteiger partial charge in [-0.15, -0.1) is 0 Å². The van der Waals surface area contributed by atoms with Gasteiger partial charge in [-0.3, -0.25) is 0 Å². The Labute approximate surface area is 154 Å². The molecule has 3 aliphatic rings. The van der Waals surface area contributed by atoms with Crippen LogP contribution in [0.4, 0.5) is 0 Å². The molecule has 1 saturated carbocycles. The van der Waals surface area contributed by atoms with Gasteiger partial charge in [0.15, 0.2) is 0 Å². The molecule has 5 atom stereocenters. The molecule has 0 saturated heterocycles. The first kappa shape index (κ1) is 15.6. The third-order valence-corrected chi connectivity index (χ3v) is 6.71. The van der Waals surface area contributed by atoms with E-state index in [0.29, 0.717) is 17.8 Å². The SMILES string of the molecule is C=C(c1ccccc1)[C@@H]1C2CC3C(C=C2C(=O)OC)c2ccccc2C31. The van der Waals surface area contributed by atoms with Gasteiger partial charge in [-0.2, -0.15) is 0 Å². The van der Waals surface area contributed by atoms with Gasteiger partial charge in [0.2, 0.25) is 0 Å². The minimum Gasteiger partial charge on any atom is -0.466 e. The van der Waals surface area contributed by atoms with Gasteiger partial charge in [0, 0.05) is 11.5 Å². The van der Waals surface area contributed by atoms with E-state index in [2.05, 4.69) is 61.2 Å². The van der Waals surface area contributed by atoms with E-state index in [-0.39, 0.29) is 17.8 Å². The van der Waals surface area contributed by atoms with Gasteiger partial charge in [-0.05, 0) is 52.4 Å². The normalized spacial score (nSPS) is 30.5. The van der Waals surface area contributed by atoms with Crippen molar-refractivity contribution in [2.24, 2.45) is 17.8 Å². The van der Waals surface area contributed by atoms with Crippen molar-refractivity contribution in [2.75, 3.05) is 7.11 Å². The number of hydrogen-bond acceptors (Lipinski definition) is 2. The van der Waals surface area contributed by atoms with Crippen molar-refractivity contribution in [3.8, 4) is 0 Å². The lowest BCUT2D eigenvalue weighted by atomic mass is 9.74. The van der Waals surface area contributed by atoms with E-state index in [1.54, 1.807) is 0 Å². The van der Waals surface area contributed by atoms with Crippen molar-refractivity contribution >= 4 is 11.5 Å². The van der Waals surface area contributed by atoms with Crippen LogP contribution in [0, 0.1) is 17.8 Å². The summed E-state index contributed by atoms with van der Waals surface area (Å²) in [6, 6.07) is 19.2. The molecule has 1 fully saturated rings. The highest BCUT2D eigenvalue weighted by Gasteiger charge is 2.57. The molecule has 26 heavy (non-hydrogen) atoms. The zero-order valence-corrected chi connectivity index (χ0v) is 14.9. The highest BCUT2D eigenvalue weighted by atomic mass is 16.5. The van der Waals surface area contributed by atoms with E-state index < -0.39 is 0 Å². The van der Waals surface area contributed by atoms with Gasteiger partial charge in [0.25, 0.3) is 0 Å². The molecule has 0 heterocycles. The number of carbonyl (C=O) groups is 1. The molecule has 130 valence electrons. The van der Waals surface area contributed by atoms with Crippen LogP contribution in [-0.4, -0.2) is 13.1 Å². The van der Waals surface area contributed by atoms with E-state index in [1.165, 1.54) is 23.8 Å². The molecule has 2 bridgehead atoms. The smallest absolute Gasteiger partial charge is 0.333 e. The summed E-state index contributed by atoms with van der Waals surface area (Å²) in [6.07, 6.45) is 3.24. The van der Waals surface area contributed by atoms with Crippen LogP contribution in [0.15, 0.2) is 72.8 Å². The first-order chi connectivity index (χ1) is 12.7. The monoisotopic (exact) mass is 342 g/mol. The molecule has 0 aliphatic heterocycles. The van der Waals surface area contributed by atoms with Crippen LogP contribution in [0.1, 0.15) is 34.9 Å². The third kappa shape index (κ3) is 2.02. The van der Waals surface area contributed by atoms with Crippen molar-refractivity contribution in [3.63, 3.8) is 0 Å². The Hall–Kier alpha value is -2.61. The Morgan fingerprint density at radius 2 is 1.73 bits per heavy atom. The molecule has 0 radical (unpaired) electrons. The Kier molecular flexibility index (Phi) is 3.43. The maximum absolute atomic E-state index is 12.5. The Balaban J connectivity index is 1.67. The molecule has 0 N–H and O–H groups in total. The molecule has 0 amide bonds. The van der Waals surface area contributed by atoms with Crippen molar-refractivity contribution < 1.29 is 9.53 Å². The van der Waals surface area contributed by atoms with Crippen LogP contribution in [0.3, 0.4) is 0 Å². The molecule has 0 aromatic heterocycles. The number of benzene rings is 2. The van der Waals surface area contributed by atoms with Gasteiger partial charge in [-0.25, -0.2) is 4.79 Å². The minimum absolute atomic E-state index is 0.177. The summed E-state index contributed by atoms with van der Waals surface area (Å²) >= 11 is 0.